The van der Waals surface area contributed by atoms with Gasteiger partial charge in [0.25, 0.3) is 11.8 Å². The Kier molecular flexibility index (Phi) is 6.73. The van der Waals surface area contributed by atoms with E-state index in [4.69, 9.17) is 15.2 Å². The second kappa shape index (κ2) is 9.22. The van der Waals surface area contributed by atoms with Gasteiger partial charge in [0.2, 0.25) is 0 Å². The van der Waals surface area contributed by atoms with Crippen molar-refractivity contribution in [1.82, 2.24) is 0 Å². The first-order valence-electron chi connectivity index (χ1n) is 8.05. The van der Waals surface area contributed by atoms with Crippen molar-refractivity contribution >= 4 is 23.5 Å². The highest BCUT2D eigenvalue weighted by Gasteiger charge is 2.12. The van der Waals surface area contributed by atoms with Crippen LogP contribution < -0.4 is 15.8 Å². The third-order valence-corrected chi connectivity index (χ3v) is 3.51. The predicted molar refractivity (Wildman–Crippen MR) is 95.9 cm³/mol. The van der Waals surface area contributed by atoms with Crippen LogP contribution in [0.4, 0.5) is 5.69 Å². The van der Waals surface area contributed by atoms with Crippen molar-refractivity contribution in [3.8, 4) is 5.75 Å². The van der Waals surface area contributed by atoms with E-state index in [9.17, 15) is 14.4 Å². The van der Waals surface area contributed by atoms with Gasteiger partial charge in [0.05, 0.1) is 5.56 Å². The van der Waals surface area contributed by atoms with E-state index in [0.717, 1.165) is 12.0 Å². The van der Waals surface area contributed by atoms with Gasteiger partial charge < -0.3 is 20.5 Å². The molecule has 0 atom stereocenters. The number of para-hydroxylation sites is 1. The number of carbonyl (C=O) groups is 3. The van der Waals surface area contributed by atoms with Crippen LogP contribution in [-0.4, -0.2) is 31.0 Å². The van der Waals surface area contributed by atoms with Crippen molar-refractivity contribution in [2.24, 2.45) is 5.73 Å². The van der Waals surface area contributed by atoms with Crippen LogP contribution in [0, 0.1) is 0 Å². The highest BCUT2D eigenvalue weighted by atomic mass is 16.6. The van der Waals surface area contributed by atoms with Gasteiger partial charge in [0.15, 0.2) is 13.2 Å². The van der Waals surface area contributed by atoms with Crippen molar-refractivity contribution < 1.29 is 23.9 Å². The summed E-state index contributed by atoms with van der Waals surface area (Å²) < 4.78 is 10.1. The molecule has 0 fully saturated rings. The van der Waals surface area contributed by atoms with Crippen LogP contribution in [-0.2, 0) is 20.7 Å². The SMILES string of the molecule is CCc1ccc(NC(=O)COC(=O)COc2ccccc2C(N)=O)cc1. The number of carbonyl (C=O) groups excluding carboxylic acids is 3. The van der Waals surface area contributed by atoms with E-state index in [1.807, 2.05) is 19.1 Å². The molecular formula is C19H20N2O5. The maximum absolute atomic E-state index is 11.8. The molecule has 0 aliphatic rings. The third-order valence-electron chi connectivity index (χ3n) is 3.51. The first-order valence-corrected chi connectivity index (χ1v) is 8.05. The standard InChI is InChI=1S/C19H20N2O5/c1-2-13-7-9-14(10-8-13)21-17(22)11-26-18(23)12-25-16-6-4-3-5-15(16)19(20)24/h3-10H,2,11-12H2,1H3,(H2,20,24)(H,21,22). The molecule has 0 spiro atoms. The van der Waals surface area contributed by atoms with Gasteiger partial charge in [-0.25, -0.2) is 4.79 Å². The molecule has 7 heteroatoms. The molecule has 0 saturated heterocycles. The molecular weight excluding hydrogens is 336 g/mol. The number of hydrogen-bond donors (Lipinski definition) is 2. The number of benzene rings is 2. The molecule has 0 heterocycles. The van der Waals surface area contributed by atoms with Crippen LogP contribution in [0.5, 0.6) is 5.75 Å². The predicted octanol–water partition coefficient (Wildman–Crippen LogP) is 1.91. The molecule has 2 aromatic rings. The van der Waals surface area contributed by atoms with Crippen LogP contribution in [0.25, 0.3) is 0 Å². The molecule has 0 saturated carbocycles. The number of hydrogen-bond acceptors (Lipinski definition) is 5. The van der Waals surface area contributed by atoms with Crippen LogP contribution in [0.15, 0.2) is 48.5 Å². The normalized spacial score (nSPS) is 10.0. The second-order valence-electron chi connectivity index (χ2n) is 5.41. The van der Waals surface area contributed by atoms with Crippen molar-refractivity contribution in [2.45, 2.75) is 13.3 Å². The van der Waals surface area contributed by atoms with E-state index in [0.29, 0.717) is 5.69 Å². The molecule has 26 heavy (non-hydrogen) atoms. The summed E-state index contributed by atoms with van der Waals surface area (Å²) in [5, 5.41) is 2.63. The molecule has 7 nitrogen and oxygen atoms in total. The van der Waals surface area contributed by atoms with E-state index in [1.165, 1.54) is 12.1 Å². The lowest BCUT2D eigenvalue weighted by Crippen LogP contribution is -2.24. The number of nitrogens with two attached hydrogens (primary N) is 1. The summed E-state index contributed by atoms with van der Waals surface area (Å²) >= 11 is 0. The highest BCUT2D eigenvalue weighted by Crippen LogP contribution is 2.17. The number of ether oxygens (including phenoxy) is 2. The monoisotopic (exact) mass is 356 g/mol. The Morgan fingerprint density at radius 3 is 2.35 bits per heavy atom. The smallest absolute Gasteiger partial charge is 0.344 e. The van der Waals surface area contributed by atoms with Gasteiger partial charge in [-0.3, -0.25) is 9.59 Å². The summed E-state index contributed by atoms with van der Waals surface area (Å²) in [7, 11) is 0. The van der Waals surface area contributed by atoms with Gasteiger partial charge in [-0.05, 0) is 36.2 Å². The lowest BCUT2D eigenvalue weighted by atomic mass is 10.1. The summed E-state index contributed by atoms with van der Waals surface area (Å²) in [5.74, 6) is -1.68. The van der Waals surface area contributed by atoms with Crippen LogP contribution >= 0.6 is 0 Å². The number of esters is 1. The fraction of sp³-hybridized carbons (Fsp3) is 0.211. The number of rotatable bonds is 8. The minimum absolute atomic E-state index is 0.161. The Bertz CT molecular complexity index is 787. The molecule has 2 amide bonds. The highest BCUT2D eigenvalue weighted by molar-refractivity contribution is 5.95. The van der Waals surface area contributed by atoms with Crippen molar-refractivity contribution in [1.29, 1.82) is 0 Å². The van der Waals surface area contributed by atoms with Gasteiger partial charge >= 0.3 is 5.97 Å². The molecule has 0 aliphatic heterocycles. The number of nitrogens with one attached hydrogen (secondary N) is 1. The number of aryl methyl sites for hydroxylation is 1. The molecule has 136 valence electrons. The maximum atomic E-state index is 11.8. The fourth-order valence-electron chi connectivity index (χ4n) is 2.14. The summed E-state index contributed by atoms with van der Waals surface area (Å²) in [4.78, 5) is 34.8. The molecule has 0 aliphatic carbocycles. The van der Waals surface area contributed by atoms with Crippen molar-refractivity contribution in [3.63, 3.8) is 0 Å². The average Bonchev–Trinajstić information content (AvgIpc) is 2.65. The van der Waals surface area contributed by atoms with E-state index < -0.39 is 31.0 Å². The summed E-state index contributed by atoms with van der Waals surface area (Å²) in [6.07, 6.45) is 0.907. The van der Waals surface area contributed by atoms with Crippen LogP contribution in [0.3, 0.4) is 0 Å². The molecule has 3 N–H and O–H groups in total. The zero-order valence-electron chi connectivity index (χ0n) is 14.4. The summed E-state index contributed by atoms with van der Waals surface area (Å²) in [5.41, 5.74) is 7.16. The lowest BCUT2D eigenvalue weighted by molar-refractivity contribution is -0.149. The first kappa shape index (κ1) is 19.0. The van der Waals surface area contributed by atoms with Gasteiger partial charge in [0, 0.05) is 5.69 Å². The second-order valence-corrected chi connectivity index (χ2v) is 5.41. The van der Waals surface area contributed by atoms with Crippen LogP contribution in [0.2, 0.25) is 0 Å². The van der Waals surface area contributed by atoms with Crippen LogP contribution in [0.1, 0.15) is 22.8 Å². The van der Waals surface area contributed by atoms with Gasteiger partial charge in [-0.15, -0.1) is 0 Å². The van der Waals surface area contributed by atoms with Gasteiger partial charge in [0.1, 0.15) is 5.75 Å². The number of primary amides is 1. The van der Waals surface area contributed by atoms with E-state index >= 15 is 0 Å². The zero-order chi connectivity index (χ0) is 18.9. The Morgan fingerprint density at radius 2 is 1.69 bits per heavy atom. The largest absolute Gasteiger partial charge is 0.481 e. The Morgan fingerprint density at radius 1 is 1.00 bits per heavy atom. The maximum Gasteiger partial charge on any atom is 0.344 e. The third kappa shape index (κ3) is 5.62. The number of anilines is 1. The Hall–Kier alpha value is -3.35. The topological polar surface area (TPSA) is 108 Å². The van der Waals surface area contributed by atoms with Gasteiger partial charge in [-0.1, -0.05) is 31.2 Å². The summed E-state index contributed by atoms with van der Waals surface area (Å²) in [6.45, 7) is 1.16. The minimum Gasteiger partial charge on any atom is -0.481 e. The molecule has 0 unspecified atom stereocenters. The first-order chi connectivity index (χ1) is 12.5. The lowest BCUT2D eigenvalue weighted by Gasteiger charge is -2.10. The van der Waals surface area contributed by atoms with Crippen molar-refractivity contribution in [2.75, 3.05) is 18.5 Å². The van der Waals surface area contributed by atoms with E-state index in [2.05, 4.69) is 5.32 Å². The van der Waals surface area contributed by atoms with E-state index in [1.54, 1.807) is 24.3 Å². The molecule has 0 bridgehead atoms. The molecule has 0 radical (unpaired) electrons. The average molecular weight is 356 g/mol. The zero-order valence-corrected chi connectivity index (χ0v) is 14.4. The van der Waals surface area contributed by atoms with Crippen molar-refractivity contribution in [3.05, 3.63) is 59.7 Å². The van der Waals surface area contributed by atoms with E-state index in [-0.39, 0.29) is 11.3 Å². The van der Waals surface area contributed by atoms with Gasteiger partial charge in [-0.2, -0.15) is 0 Å². The summed E-state index contributed by atoms with van der Waals surface area (Å²) in [6, 6.07) is 13.6. The fourth-order valence-corrected chi connectivity index (χ4v) is 2.14. The minimum atomic E-state index is -0.735. The number of amides is 2. The Labute approximate surface area is 151 Å². The molecule has 2 rings (SSSR count). The quantitative estimate of drug-likeness (QED) is 0.703. The molecule has 2 aromatic carbocycles. The molecule has 0 aromatic heterocycles. The Balaban J connectivity index is 1.77.